The molecule has 0 bridgehead atoms. The number of hydrogen-bond acceptors (Lipinski definition) is 2. The summed E-state index contributed by atoms with van der Waals surface area (Å²) in [6.07, 6.45) is 0. The van der Waals surface area contributed by atoms with Crippen molar-refractivity contribution in [3.8, 4) is 17.2 Å². The molecule has 0 heterocycles. The van der Waals surface area contributed by atoms with E-state index < -0.39 is 0 Å². The fourth-order valence-electron chi connectivity index (χ4n) is 1.63. The Morgan fingerprint density at radius 2 is 1.89 bits per heavy atom. The van der Waals surface area contributed by atoms with E-state index in [9.17, 15) is 4.39 Å². The molecule has 0 aliphatic carbocycles. The lowest BCUT2D eigenvalue weighted by Gasteiger charge is -2.09. The molecule has 0 aliphatic heterocycles. The molecule has 0 fully saturated rings. The highest BCUT2D eigenvalue weighted by Gasteiger charge is 2.06. The third kappa shape index (κ3) is 3.70. The van der Waals surface area contributed by atoms with Gasteiger partial charge in [0.25, 0.3) is 0 Å². The van der Waals surface area contributed by atoms with Gasteiger partial charge in [-0.2, -0.15) is 0 Å². The SMILES string of the molecule is CCOc1cccc(Oc2ccc(CBr)cc2F)c1. The molecule has 0 unspecified atom stereocenters. The minimum atomic E-state index is -0.376. The topological polar surface area (TPSA) is 18.5 Å². The average Bonchev–Trinajstić information content (AvgIpc) is 2.42. The minimum absolute atomic E-state index is 0.207. The maximum Gasteiger partial charge on any atom is 0.166 e. The molecule has 0 atom stereocenters. The maximum atomic E-state index is 13.8. The highest BCUT2D eigenvalue weighted by Crippen LogP contribution is 2.28. The van der Waals surface area contributed by atoms with Crippen molar-refractivity contribution in [2.24, 2.45) is 0 Å². The molecule has 0 spiro atoms. The molecule has 2 aromatic carbocycles. The van der Waals surface area contributed by atoms with E-state index in [1.807, 2.05) is 25.1 Å². The van der Waals surface area contributed by atoms with Crippen molar-refractivity contribution in [2.45, 2.75) is 12.3 Å². The number of rotatable bonds is 5. The second-order valence-electron chi connectivity index (χ2n) is 3.91. The Labute approximate surface area is 120 Å². The summed E-state index contributed by atoms with van der Waals surface area (Å²) in [5, 5.41) is 0.615. The lowest BCUT2D eigenvalue weighted by atomic mass is 10.2. The molecule has 2 rings (SSSR count). The Morgan fingerprint density at radius 1 is 1.11 bits per heavy atom. The van der Waals surface area contributed by atoms with Crippen LogP contribution in [0, 0.1) is 5.82 Å². The summed E-state index contributed by atoms with van der Waals surface area (Å²) in [5.41, 5.74) is 0.868. The first-order valence-corrected chi connectivity index (χ1v) is 7.10. The van der Waals surface area contributed by atoms with Crippen LogP contribution >= 0.6 is 15.9 Å². The Hall–Kier alpha value is -1.55. The molecule has 0 radical (unpaired) electrons. The molecule has 0 saturated heterocycles. The number of alkyl halides is 1. The van der Waals surface area contributed by atoms with Gasteiger partial charge >= 0.3 is 0 Å². The first-order valence-electron chi connectivity index (χ1n) is 5.98. The summed E-state index contributed by atoms with van der Waals surface area (Å²) in [7, 11) is 0. The van der Waals surface area contributed by atoms with Gasteiger partial charge in [-0.05, 0) is 36.8 Å². The van der Waals surface area contributed by atoms with Gasteiger partial charge in [-0.15, -0.1) is 0 Å². The van der Waals surface area contributed by atoms with Crippen LogP contribution in [-0.4, -0.2) is 6.61 Å². The van der Waals surface area contributed by atoms with Crippen molar-refractivity contribution >= 4 is 15.9 Å². The van der Waals surface area contributed by atoms with Crippen molar-refractivity contribution in [3.63, 3.8) is 0 Å². The third-order valence-corrected chi connectivity index (χ3v) is 3.14. The quantitative estimate of drug-likeness (QED) is 0.727. The fourth-order valence-corrected chi connectivity index (χ4v) is 1.98. The van der Waals surface area contributed by atoms with Crippen LogP contribution in [0.25, 0.3) is 0 Å². The zero-order chi connectivity index (χ0) is 13.7. The standard InChI is InChI=1S/C15H14BrFO2/c1-2-18-12-4-3-5-13(9-12)19-15-7-6-11(10-16)8-14(15)17/h3-9H,2,10H2,1H3. The summed E-state index contributed by atoms with van der Waals surface area (Å²) >= 11 is 3.29. The normalized spacial score (nSPS) is 10.3. The van der Waals surface area contributed by atoms with Gasteiger partial charge in [0.1, 0.15) is 11.5 Å². The van der Waals surface area contributed by atoms with Crippen LogP contribution in [-0.2, 0) is 5.33 Å². The number of halogens is 2. The summed E-state index contributed by atoms with van der Waals surface area (Å²) in [5.74, 6) is 1.09. The van der Waals surface area contributed by atoms with Gasteiger partial charge in [0.15, 0.2) is 11.6 Å². The smallest absolute Gasteiger partial charge is 0.166 e. The van der Waals surface area contributed by atoms with E-state index in [1.165, 1.54) is 6.07 Å². The molecule has 100 valence electrons. The van der Waals surface area contributed by atoms with Crippen LogP contribution < -0.4 is 9.47 Å². The Bertz CT molecular complexity index is 558. The largest absolute Gasteiger partial charge is 0.494 e. The van der Waals surface area contributed by atoms with Crippen molar-refractivity contribution in [3.05, 3.63) is 53.8 Å². The Morgan fingerprint density at radius 3 is 2.58 bits per heavy atom. The predicted octanol–water partition coefficient (Wildman–Crippen LogP) is 4.91. The van der Waals surface area contributed by atoms with Gasteiger partial charge < -0.3 is 9.47 Å². The van der Waals surface area contributed by atoms with Gasteiger partial charge in [-0.1, -0.05) is 28.1 Å². The molecule has 0 aliphatic rings. The van der Waals surface area contributed by atoms with Gasteiger partial charge in [0.05, 0.1) is 6.61 Å². The van der Waals surface area contributed by atoms with E-state index >= 15 is 0 Å². The van der Waals surface area contributed by atoms with Gasteiger partial charge in [-0.3, -0.25) is 0 Å². The molecule has 19 heavy (non-hydrogen) atoms. The van der Waals surface area contributed by atoms with E-state index in [2.05, 4.69) is 15.9 Å². The molecule has 2 aromatic rings. The Balaban J connectivity index is 2.18. The van der Waals surface area contributed by atoms with Gasteiger partial charge in [0, 0.05) is 11.4 Å². The molecule has 0 N–H and O–H groups in total. The third-order valence-electron chi connectivity index (χ3n) is 2.49. The molecule has 0 aromatic heterocycles. The summed E-state index contributed by atoms with van der Waals surface area (Å²) in [6.45, 7) is 2.49. The van der Waals surface area contributed by atoms with E-state index in [1.54, 1.807) is 18.2 Å². The molecule has 4 heteroatoms. The second-order valence-corrected chi connectivity index (χ2v) is 4.47. The number of benzene rings is 2. The molecular weight excluding hydrogens is 311 g/mol. The van der Waals surface area contributed by atoms with Crippen molar-refractivity contribution in [2.75, 3.05) is 6.61 Å². The molecule has 0 saturated carbocycles. The van der Waals surface area contributed by atoms with Crippen LogP contribution in [0.15, 0.2) is 42.5 Å². The van der Waals surface area contributed by atoms with Crippen molar-refractivity contribution in [1.82, 2.24) is 0 Å². The zero-order valence-corrected chi connectivity index (χ0v) is 12.1. The van der Waals surface area contributed by atoms with Gasteiger partial charge in [0.2, 0.25) is 0 Å². The van der Waals surface area contributed by atoms with Crippen LogP contribution in [0.2, 0.25) is 0 Å². The maximum absolute atomic E-state index is 13.8. The average molecular weight is 325 g/mol. The summed E-state index contributed by atoms with van der Waals surface area (Å²) < 4.78 is 24.7. The fraction of sp³-hybridized carbons (Fsp3) is 0.200. The van der Waals surface area contributed by atoms with Crippen molar-refractivity contribution < 1.29 is 13.9 Å². The molecule has 2 nitrogen and oxygen atoms in total. The molecular formula is C15H14BrFO2. The number of hydrogen-bond donors (Lipinski definition) is 0. The van der Waals surface area contributed by atoms with E-state index in [0.717, 1.165) is 5.56 Å². The zero-order valence-electron chi connectivity index (χ0n) is 10.5. The monoisotopic (exact) mass is 324 g/mol. The van der Waals surface area contributed by atoms with Crippen molar-refractivity contribution in [1.29, 1.82) is 0 Å². The Kier molecular flexibility index (Phi) is 4.80. The van der Waals surface area contributed by atoms with Crippen LogP contribution in [0.3, 0.4) is 0 Å². The van der Waals surface area contributed by atoms with E-state index in [4.69, 9.17) is 9.47 Å². The highest BCUT2D eigenvalue weighted by atomic mass is 79.9. The number of ether oxygens (including phenoxy) is 2. The predicted molar refractivity (Wildman–Crippen MR) is 76.7 cm³/mol. The van der Waals surface area contributed by atoms with Gasteiger partial charge in [-0.25, -0.2) is 4.39 Å². The van der Waals surface area contributed by atoms with E-state index in [-0.39, 0.29) is 11.6 Å². The van der Waals surface area contributed by atoms with Crippen LogP contribution in [0.5, 0.6) is 17.2 Å². The first kappa shape index (κ1) is 13.9. The van der Waals surface area contributed by atoms with E-state index in [0.29, 0.717) is 23.4 Å². The summed E-state index contributed by atoms with van der Waals surface area (Å²) in [6, 6.07) is 12.0. The minimum Gasteiger partial charge on any atom is -0.494 e. The van der Waals surface area contributed by atoms with Crippen LogP contribution in [0.1, 0.15) is 12.5 Å². The highest BCUT2D eigenvalue weighted by molar-refractivity contribution is 9.08. The lowest BCUT2D eigenvalue weighted by molar-refractivity contribution is 0.337. The molecule has 0 amide bonds. The first-order chi connectivity index (χ1) is 9.22. The lowest BCUT2D eigenvalue weighted by Crippen LogP contribution is -1.93. The summed E-state index contributed by atoms with van der Waals surface area (Å²) in [4.78, 5) is 0. The second kappa shape index (κ2) is 6.57. The van der Waals surface area contributed by atoms with Crippen LogP contribution in [0.4, 0.5) is 4.39 Å².